The number of nitrogens with one attached hydrogen (secondary N) is 1. The van der Waals surface area contributed by atoms with E-state index in [-0.39, 0.29) is 17.6 Å². The van der Waals surface area contributed by atoms with Gasteiger partial charge in [0.15, 0.2) is 0 Å². The summed E-state index contributed by atoms with van der Waals surface area (Å²) >= 11 is 0. The Labute approximate surface area is 182 Å². The maximum atomic E-state index is 13.5. The third kappa shape index (κ3) is 2.37. The number of ether oxygens (including phenoxy) is 2. The molecule has 2 atom stereocenters. The number of piperidine rings is 1. The molecule has 1 aromatic carbocycles. The van der Waals surface area contributed by atoms with Crippen LogP contribution in [-0.4, -0.2) is 53.3 Å². The number of likely N-dealkylation sites (tertiary alicyclic amines) is 1. The zero-order valence-corrected chi connectivity index (χ0v) is 17.5. The maximum absolute atomic E-state index is 13.5. The van der Waals surface area contributed by atoms with E-state index in [0.29, 0.717) is 40.5 Å². The van der Waals surface area contributed by atoms with Crippen molar-refractivity contribution in [3.63, 3.8) is 0 Å². The molecule has 8 nitrogen and oxygen atoms in total. The fourth-order valence-corrected chi connectivity index (χ4v) is 5.21. The molecule has 1 N–H and O–H groups in total. The molecule has 1 amide bonds. The zero-order chi connectivity index (χ0) is 22.2. The molecule has 0 unspecified atom stereocenters. The number of carbonyl (C=O) groups excluding carboxylic acids is 3. The van der Waals surface area contributed by atoms with Crippen LogP contribution in [0.2, 0.25) is 0 Å². The van der Waals surface area contributed by atoms with E-state index >= 15 is 0 Å². The molecule has 2 aromatic heterocycles. The molecule has 1 spiro atoms. The lowest BCUT2D eigenvalue weighted by molar-refractivity contribution is 0.0599. The number of carbonyl (C=O) groups is 3. The van der Waals surface area contributed by atoms with Crippen molar-refractivity contribution < 1.29 is 23.9 Å². The molecular weight excluding hydrogens is 410 g/mol. The number of benzene rings is 1. The highest BCUT2D eigenvalue weighted by Crippen LogP contribution is 2.66. The molecule has 6 rings (SSSR count). The number of esters is 1. The fraction of sp³-hybridized carbons (Fsp3) is 0.250. The lowest BCUT2D eigenvalue weighted by Gasteiger charge is -2.28. The number of hydrogen-bond acceptors (Lipinski definition) is 6. The minimum absolute atomic E-state index is 0.184. The first-order chi connectivity index (χ1) is 15.5. The first-order valence-corrected chi connectivity index (χ1v) is 10.3. The molecule has 0 radical (unpaired) electrons. The number of nitrogens with zero attached hydrogens (tertiary/aromatic N) is 2. The molecule has 1 aliphatic heterocycles. The van der Waals surface area contributed by atoms with Crippen LogP contribution in [0.15, 0.2) is 48.3 Å². The Balaban J connectivity index is 1.39. The van der Waals surface area contributed by atoms with E-state index in [1.165, 1.54) is 19.4 Å². The van der Waals surface area contributed by atoms with E-state index in [4.69, 9.17) is 9.47 Å². The number of allylic oxidation sites excluding steroid dienone is 2. The van der Waals surface area contributed by atoms with Crippen molar-refractivity contribution in [1.82, 2.24) is 14.9 Å². The molecule has 1 saturated carbocycles. The number of fused-ring (bicyclic) bond motifs is 2. The molecule has 3 aliphatic rings. The Morgan fingerprint density at radius 1 is 1.22 bits per heavy atom. The highest BCUT2D eigenvalue weighted by molar-refractivity contribution is 6.09. The summed E-state index contributed by atoms with van der Waals surface area (Å²) in [4.78, 5) is 47.4. The van der Waals surface area contributed by atoms with Crippen LogP contribution in [0.25, 0.3) is 10.9 Å². The van der Waals surface area contributed by atoms with E-state index in [1.54, 1.807) is 24.1 Å². The maximum Gasteiger partial charge on any atom is 0.339 e. The summed E-state index contributed by atoms with van der Waals surface area (Å²) in [5, 5.41) is 0.873. The topological polar surface area (TPSA) is 102 Å². The zero-order valence-electron chi connectivity index (χ0n) is 17.5. The van der Waals surface area contributed by atoms with Crippen LogP contribution in [0.3, 0.4) is 0 Å². The molecular formula is C24H19N3O5. The molecule has 3 heterocycles. The van der Waals surface area contributed by atoms with E-state index in [9.17, 15) is 14.4 Å². The largest absolute Gasteiger partial charge is 0.497 e. The second-order valence-corrected chi connectivity index (χ2v) is 8.43. The van der Waals surface area contributed by atoms with Gasteiger partial charge in [-0.2, -0.15) is 0 Å². The number of amides is 1. The standard InChI is InChI=1S/C24H19N3O5/c1-31-15-3-4-17-12(5-15)7-18(26-17)22(29)27-11-14-9-24(14)16-6-13(23(30)32-2)10-25-21(16)19(28)8-20(24)27/h3-8,10,14,26H,9,11H2,1-2H3/t14-,24-/m1/s1. The molecule has 0 bridgehead atoms. The van der Waals surface area contributed by atoms with Crippen LogP contribution in [0, 0.1) is 5.92 Å². The van der Waals surface area contributed by atoms with Crippen LogP contribution in [0.1, 0.15) is 43.3 Å². The van der Waals surface area contributed by atoms with Gasteiger partial charge >= 0.3 is 5.97 Å². The first kappa shape index (κ1) is 18.8. The molecule has 1 saturated heterocycles. The highest BCUT2D eigenvalue weighted by atomic mass is 16.5. The number of methoxy groups -OCH3 is 2. The number of aromatic nitrogens is 2. The minimum Gasteiger partial charge on any atom is -0.497 e. The number of rotatable bonds is 3. The monoisotopic (exact) mass is 429 g/mol. The first-order valence-electron chi connectivity index (χ1n) is 10.3. The van der Waals surface area contributed by atoms with Crippen LogP contribution in [0.5, 0.6) is 5.75 Å². The van der Waals surface area contributed by atoms with Crippen molar-refractivity contribution in [2.45, 2.75) is 11.8 Å². The van der Waals surface area contributed by atoms with Gasteiger partial charge in [0, 0.05) is 40.8 Å². The number of H-pyrrole nitrogens is 1. The van der Waals surface area contributed by atoms with Crippen molar-refractivity contribution in [2.75, 3.05) is 20.8 Å². The van der Waals surface area contributed by atoms with E-state index < -0.39 is 11.4 Å². The molecule has 3 aromatic rings. The van der Waals surface area contributed by atoms with Gasteiger partial charge in [0.25, 0.3) is 5.91 Å². The summed E-state index contributed by atoms with van der Waals surface area (Å²) in [5.41, 5.74) is 2.87. The van der Waals surface area contributed by atoms with Gasteiger partial charge in [-0.15, -0.1) is 0 Å². The second-order valence-electron chi connectivity index (χ2n) is 8.43. The number of hydrogen-bond donors (Lipinski definition) is 1. The Kier molecular flexibility index (Phi) is 3.69. The third-order valence-electron chi connectivity index (χ3n) is 6.85. The quantitative estimate of drug-likeness (QED) is 0.643. The van der Waals surface area contributed by atoms with Crippen LogP contribution < -0.4 is 4.74 Å². The summed E-state index contributed by atoms with van der Waals surface area (Å²) in [6.07, 6.45) is 3.72. The van der Waals surface area contributed by atoms with Gasteiger partial charge in [-0.25, -0.2) is 4.79 Å². The number of ketones is 1. The molecule has 2 aliphatic carbocycles. The van der Waals surface area contributed by atoms with E-state index in [0.717, 1.165) is 17.3 Å². The average molecular weight is 429 g/mol. The van der Waals surface area contributed by atoms with Crippen molar-refractivity contribution in [1.29, 1.82) is 0 Å². The lowest BCUT2D eigenvalue weighted by Crippen LogP contribution is -2.34. The molecule has 8 heteroatoms. The minimum atomic E-state index is -0.503. The van der Waals surface area contributed by atoms with Crippen molar-refractivity contribution in [2.24, 2.45) is 5.92 Å². The Bertz CT molecular complexity index is 1390. The summed E-state index contributed by atoms with van der Waals surface area (Å²) in [6.45, 7) is 0.512. The average Bonchev–Trinajstić information content (AvgIpc) is 3.21. The summed E-state index contributed by atoms with van der Waals surface area (Å²) in [5.74, 6) is -0.0568. The van der Waals surface area contributed by atoms with Gasteiger partial charge < -0.3 is 19.4 Å². The van der Waals surface area contributed by atoms with Crippen molar-refractivity contribution in [3.8, 4) is 5.75 Å². The molecule has 2 fully saturated rings. The predicted molar refractivity (Wildman–Crippen MR) is 114 cm³/mol. The van der Waals surface area contributed by atoms with Crippen LogP contribution in [-0.2, 0) is 10.2 Å². The molecule has 32 heavy (non-hydrogen) atoms. The van der Waals surface area contributed by atoms with Gasteiger partial charge in [-0.3, -0.25) is 14.6 Å². The van der Waals surface area contributed by atoms with Crippen LogP contribution >= 0.6 is 0 Å². The van der Waals surface area contributed by atoms with Gasteiger partial charge in [0.2, 0.25) is 5.78 Å². The SMILES string of the molecule is COC(=O)c1cnc2c(c1)[C@@]13C[C@@H]1CN(C(=O)c1cc4cc(OC)ccc4[nH]1)C3=CC2=O. The van der Waals surface area contributed by atoms with Crippen molar-refractivity contribution in [3.05, 3.63) is 70.8 Å². The molecule has 160 valence electrons. The van der Waals surface area contributed by atoms with E-state index in [2.05, 4.69) is 9.97 Å². The number of aromatic amines is 1. The van der Waals surface area contributed by atoms with Gasteiger partial charge in [0.1, 0.15) is 17.1 Å². The smallest absolute Gasteiger partial charge is 0.339 e. The Morgan fingerprint density at radius 3 is 2.84 bits per heavy atom. The summed E-state index contributed by atoms with van der Waals surface area (Å²) < 4.78 is 10.1. The van der Waals surface area contributed by atoms with Gasteiger partial charge in [-0.05, 0) is 48.2 Å². The third-order valence-corrected chi connectivity index (χ3v) is 6.85. The van der Waals surface area contributed by atoms with Crippen LogP contribution in [0.4, 0.5) is 0 Å². The Morgan fingerprint density at radius 2 is 2.06 bits per heavy atom. The number of pyridine rings is 1. The fourth-order valence-electron chi connectivity index (χ4n) is 5.21. The highest BCUT2D eigenvalue weighted by Gasteiger charge is 2.67. The van der Waals surface area contributed by atoms with Gasteiger partial charge in [-0.1, -0.05) is 0 Å². The normalized spacial score (nSPS) is 22.7. The Hall–Kier alpha value is -3.94. The summed E-state index contributed by atoms with van der Waals surface area (Å²) in [6, 6.07) is 9.06. The lowest BCUT2D eigenvalue weighted by atomic mass is 9.83. The second kappa shape index (κ2) is 6.29. The van der Waals surface area contributed by atoms with Gasteiger partial charge in [0.05, 0.1) is 19.8 Å². The predicted octanol–water partition coefficient (Wildman–Crippen LogP) is 2.85. The van der Waals surface area contributed by atoms with E-state index in [1.807, 2.05) is 18.2 Å². The summed E-state index contributed by atoms with van der Waals surface area (Å²) in [7, 11) is 2.91. The van der Waals surface area contributed by atoms with Crippen molar-refractivity contribution >= 4 is 28.6 Å².